The minimum Gasteiger partial charge on any atom is -0.354 e. The molecule has 2 amide bonds. The van der Waals surface area contributed by atoms with Crippen molar-refractivity contribution in [3.63, 3.8) is 0 Å². The van der Waals surface area contributed by atoms with Crippen molar-refractivity contribution in [2.75, 3.05) is 17.4 Å². The molecule has 0 spiro atoms. The molecule has 0 aliphatic heterocycles. The third-order valence-corrected chi connectivity index (χ3v) is 8.00. The van der Waals surface area contributed by atoms with Crippen LogP contribution in [0.4, 0.5) is 14.5 Å². The van der Waals surface area contributed by atoms with Gasteiger partial charge >= 0.3 is 0 Å². The van der Waals surface area contributed by atoms with E-state index in [1.54, 1.807) is 6.07 Å². The van der Waals surface area contributed by atoms with E-state index in [1.165, 1.54) is 66.4 Å². The van der Waals surface area contributed by atoms with Gasteiger partial charge in [0.25, 0.3) is 10.0 Å². The summed E-state index contributed by atoms with van der Waals surface area (Å²) in [4.78, 5) is 27.8. The van der Waals surface area contributed by atoms with Gasteiger partial charge in [-0.25, -0.2) is 17.2 Å². The van der Waals surface area contributed by atoms with Crippen molar-refractivity contribution in [3.05, 3.63) is 95.0 Å². The van der Waals surface area contributed by atoms with Crippen LogP contribution in [0.2, 0.25) is 5.02 Å². The van der Waals surface area contributed by atoms with E-state index in [0.717, 1.165) is 16.4 Å². The van der Waals surface area contributed by atoms with Crippen molar-refractivity contribution in [2.45, 2.75) is 38.3 Å². The smallest absolute Gasteiger partial charge is 0.264 e. The first kappa shape index (κ1) is 30.0. The molecule has 0 saturated carbocycles. The molecule has 0 saturated heterocycles. The van der Waals surface area contributed by atoms with Crippen LogP contribution in [0.5, 0.6) is 0 Å². The number of hydrogen-bond acceptors (Lipinski definition) is 4. The molecule has 1 atom stereocenters. The average Bonchev–Trinajstić information content (AvgIpc) is 2.91. The Morgan fingerprint density at radius 1 is 0.949 bits per heavy atom. The van der Waals surface area contributed by atoms with Crippen molar-refractivity contribution < 1.29 is 26.8 Å². The maximum absolute atomic E-state index is 13.9. The molecule has 0 aliphatic rings. The molecular weight excluding hydrogens is 548 g/mol. The Morgan fingerprint density at radius 2 is 1.59 bits per heavy atom. The molecule has 0 radical (unpaired) electrons. The van der Waals surface area contributed by atoms with Gasteiger partial charge in [-0.2, -0.15) is 0 Å². The summed E-state index contributed by atoms with van der Waals surface area (Å²) in [7, 11) is -4.30. The van der Waals surface area contributed by atoms with E-state index in [4.69, 9.17) is 11.6 Å². The van der Waals surface area contributed by atoms with Crippen molar-refractivity contribution in [2.24, 2.45) is 5.92 Å². The molecule has 39 heavy (non-hydrogen) atoms. The van der Waals surface area contributed by atoms with Gasteiger partial charge in [0.15, 0.2) is 0 Å². The Bertz CT molecular complexity index is 1400. The van der Waals surface area contributed by atoms with Gasteiger partial charge in [0.05, 0.1) is 15.6 Å². The Morgan fingerprint density at radius 3 is 2.18 bits per heavy atom. The second kappa shape index (κ2) is 13.0. The largest absolute Gasteiger partial charge is 0.354 e. The first-order valence-electron chi connectivity index (χ1n) is 12.2. The number of amides is 2. The van der Waals surface area contributed by atoms with E-state index in [9.17, 15) is 26.8 Å². The number of hydrogen-bond donors (Lipinski definition) is 1. The van der Waals surface area contributed by atoms with Crippen LogP contribution in [0.25, 0.3) is 0 Å². The second-order valence-corrected chi connectivity index (χ2v) is 11.7. The van der Waals surface area contributed by atoms with Crippen LogP contribution >= 0.6 is 11.6 Å². The molecule has 3 aromatic carbocycles. The van der Waals surface area contributed by atoms with Crippen LogP contribution in [0, 0.1) is 17.6 Å². The minimum atomic E-state index is -4.30. The first-order chi connectivity index (χ1) is 18.4. The molecule has 3 aromatic rings. The highest BCUT2D eigenvalue weighted by atomic mass is 35.5. The van der Waals surface area contributed by atoms with Crippen LogP contribution in [0.1, 0.15) is 26.3 Å². The topological polar surface area (TPSA) is 86.8 Å². The van der Waals surface area contributed by atoms with Crippen molar-refractivity contribution in [1.82, 2.24) is 10.2 Å². The number of carbonyl (C=O) groups excluding carboxylic acids is 2. The summed E-state index contributed by atoms with van der Waals surface area (Å²) < 4.78 is 55.6. The van der Waals surface area contributed by atoms with Crippen LogP contribution < -0.4 is 9.62 Å². The van der Waals surface area contributed by atoms with E-state index < -0.39 is 46.1 Å². The molecular formula is C28H30ClF2N3O4S. The molecule has 11 heteroatoms. The zero-order valence-corrected chi connectivity index (χ0v) is 23.3. The molecule has 0 heterocycles. The fourth-order valence-electron chi connectivity index (χ4n) is 3.71. The van der Waals surface area contributed by atoms with Crippen molar-refractivity contribution in [1.29, 1.82) is 0 Å². The van der Waals surface area contributed by atoms with Gasteiger partial charge in [0, 0.05) is 13.1 Å². The Kier molecular flexibility index (Phi) is 10.0. The molecule has 3 rings (SSSR count). The number of anilines is 1. The SMILES string of the molecule is CC(C)CNC(=O)[C@H](C)N(Cc1ccc(F)cc1)C(=O)CN(c1ccc(F)c(Cl)c1)S(=O)(=O)c1ccccc1. The number of nitrogens with zero attached hydrogens (tertiary/aromatic N) is 2. The van der Waals surface area contributed by atoms with Gasteiger partial charge in [-0.1, -0.05) is 55.8 Å². The molecule has 0 unspecified atom stereocenters. The molecule has 0 aromatic heterocycles. The maximum Gasteiger partial charge on any atom is 0.264 e. The summed E-state index contributed by atoms with van der Waals surface area (Å²) in [6, 6.07) is 15.2. The maximum atomic E-state index is 13.9. The number of sulfonamides is 1. The Hall–Kier alpha value is -3.50. The second-order valence-electron chi connectivity index (χ2n) is 9.39. The van der Waals surface area contributed by atoms with Crippen LogP contribution in [-0.4, -0.2) is 44.3 Å². The number of carbonyl (C=O) groups is 2. The van der Waals surface area contributed by atoms with E-state index >= 15 is 0 Å². The predicted molar refractivity (Wildman–Crippen MR) is 147 cm³/mol. The zero-order chi connectivity index (χ0) is 28.7. The van der Waals surface area contributed by atoms with Crippen LogP contribution in [0.3, 0.4) is 0 Å². The molecule has 0 fully saturated rings. The third kappa shape index (κ3) is 7.77. The van der Waals surface area contributed by atoms with E-state index in [-0.39, 0.29) is 28.1 Å². The van der Waals surface area contributed by atoms with Gasteiger partial charge in [0.2, 0.25) is 11.8 Å². The number of halogens is 3. The Balaban J connectivity index is 2.02. The Labute approximate surface area is 232 Å². The quantitative estimate of drug-likeness (QED) is 0.347. The van der Waals surface area contributed by atoms with Crippen LogP contribution in [-0.2, 0) is 26.2 Å². The highest BCUT2D eigenvalue weighted by Crippen LogP contribution is 2.28. The molecule has 0 aliphatic carbocycles. The van der Waals surface area contributed by atoms with Gasteiger partial charge in [-0.15, -0.1) is 0 Å². The normalized spacial score (nSPS) is 12.2. The van der Waals surface area contributed by atoms with E-state index in [1.807, 2.05) is 13.8 Å². The summed E-state index contributed by atoms with van der Waals surface area (Å²) in [5.41, 5.74) is 0.507. The minimum absolute atomic E-state index is 0.0303. The number of benzene rings is 3. The summed E-state index contributed by atoms with van der Waals surface area (Å²) in [6.07, 6.45) is 0. The zero-order valence-electron chi connectivity index (χ0n) is 21.8. The summed E-state index contributed by atoms with van der Waals surface area (Å²) in [5, 5.41) is 2.46. The van der Waals surface area contributed by atoms with Crippen molar-refractivity contribution >= 4 is 39.1 Å². The monoisotopic (exact) mass is 577 g/mol. The lowest BCUT2D eigenvalue weighted by Crippen LogP contribution is -2.51. The average molecular weight is 578 g/mol. The lowest BCUT2D eigenvalue weighted by molar-refractivity contribution is -0.139. The molecule has 0 bridgehead atoms. The fourth-order valence-corrected chi connectivity index (χ4v) is 5.31. The lowest BCUT2D eigenvalue weighted by atomic mass is 10.1. The van der Waals surface area contributed by atoms with Gasteiger partial charge in [0.1, 0.15) is 24.2 Å². The summed E-state index contributed by atoms with van der Waals surface area (Å²) in [6.45, 7) is 4.96. The first-order valence-corrected chi connectivity index (χ1v) is 14.1. The number of nitrogens with one attached hydrogen (secondary N) is 1. The van der Waals surface area contributed by atoms with Gasteiger partial charge < -0.3 is 10.2 Å². The predicted octanol–water partition coefficient (Wildman–Crippen LogP) is 5.00. The van der Waals surface area contributed by atoms with Gasteiger partial charge in [-0.05, 0) is 60.9 Å². The summed E-state index contributed by atoms with van der Waals surface area (Å²) >= 11 is 5.95. The summed E-state index contributed by atoms with van der Waals surface area (Å²) in [5.74, 6) is -2.19. The lowest BCUT2D eigenvalue weighted by Gasteiger charge is -2.32. The van der Waals surface area contributed by atoms with Crippen LogP contribution in [0.15, 0.2) is 77.7 Å². The molecule has 208 valence electrons. The molecule has 7 nitrogen and oxygen atoms in total. The van der Waals surface area contributed by atoms with Gasteiger partial charge in [-0.3, -0.25) is 13.9 Å². The standard InChI is InChI=1S/C28H30ClF2N3O4S/c1-19(2)16-32-28(36)20(3)33(17-21-9-11-22(30)12-10-21)27(35)18-34(23-13-14-26(31)25(29)15-23)39(37,38)24-7-5-4-6-8-24/h4-15,19-20H,16-18H2,1-3H3,(H,32,36)/t20-/m0/s1. The highest BCUT2D eigenvalue weighted by molar-refractivity contribution is 7.92. The molecule has 1 N–H and O–H groups in total. The fraction of sp³-hybridized carbons (Fsp3) is 0.286. The number of rotatable bonds is 11. The van der Waals surface area contributed by atoms with E-state index in [2.05, 4.69) is 5.32 Å². The third-order valence-electron chi connectivity index (χ3n) is 5.92. The van der Waals surface area contributed by atoms with E-state index in [0.29, 0.717) is 12.1 Å². The van der Waals surface area contributed by atoms with Crippen molar-refractivity contribution in [3.8, 4) is 0 Å². The highest BCUT2D eigenvalue weighted by Gasteiger charge is 2.32.